The third-order valence-corrected chi connectivity index (χ3v) is 2.83. The molecule has 0 radical (unpaired) electrons. The van der Waals surface area contributed by atoms with Crippen LogP contribution in [0.1, 0.15) is 38.9 Å². The molecule has 0 fully saturated rings. The van der Waals surface area contributed by atoms with Crippen molar-refractivity contribution < 1.29 is 20.4 Å². The molecule has 18 heavy (non-hydrogen) atoms. The maximum absolute atomic E-state index is 11.2. The Labute approximate surface area is 107 Å². The lowest BCUT2D eigenvalue weighted by molar-refractivity contribution is -0.167. The van der Waals surface area contributed by atoms with Crippen molar-refractivity contribution in [1.29, 1.82) is 0 Å². The molecular formula is C14H16O4. The Bertz CT molecular complexity index is 514. The van der Waals surface area contributed by atoms with Gasteiger partial charge in [0, 0.05) is 13.8 Å². The topological polar surface area (TPSA) is 52.6 Å². The normalized spacial score (nSPS) is 26.8. The van der Waals surface area contributed by atoms with Gasteiger partial charge in [-0.05, 0) is 24.0 Å². The van der Waals surface area contributed by atoms with Crippen molar-refractivity contribution in [3.05, 3.63) is 35.4 Å². The molecule has 96 valence electrons. The zero-order valence-electron chi connectivity index (χ0n) is 11.4. The fourth-order valence-electron chi connectivity index (χ4n) is 2.16. The largest absolute Gasteiger partial charge is 0.458 e. The van der Waals surface area contributed by atoms with Gasteiger partial charge in [-0.3, -0.25) is 9.59 Å². The summed E-state index contributed by atoms with van der Waals surface area (Å²) in [7, 11) is 0. The Morgan fingerprint density at radius 2 is 1.89 bits per heavy atom. The van der Waals surface area contributed by atoms with Crippen LogP contribution in [0, 0.1) is 0 Å². The first-order chi connectivity index (χ1) is 8.92. The molecule has 1 aliphatic rings. The quantitative estimate of drug-likeness (QED) is 0.754. The van der Waals surface area contributed by atoms with E-state index in [2.05, 4.69) is 0 Å². The molecule has 1 aromatic rings. The zero-order chi connectivity index (χ0) is 14.0. The van der Waals surface area contributed by atoms with Gasteiger partial charge in [-0.15, -0.1) is 0 Å². The van der Waals surface area contributed by atoms with Crippen molar-refractivity contribution in [3.63, 3.8) is 0 Å². The van der Waals surface area contributed by atoms with Gasteiger partial charge in [-0.2, -0.15) is 0 Å². The van der Waals surface area contributed by atoms with Crippen LogP contribution in [0.4, 0.5) is 0 Å². The minimum Gasteiger partial charge on any atom is -0.458 e. The molecule has 1 aliphatic carbocycles. The Morgan fingerprint density at radius 1 is 1.22 bits per heavy atom. The van der Waals surface area contributed by atoms with Crippen molar-refractivity contribution in [3.8, 4) is 0 Å². The van der Waals surface area contributed by atoms with Crippen molar-refractivity contribution in [2.24, 2.45) is 0 Å². The first-order valence-electron chi connectivity index (χ1n) is 6.37. The first kappa shape index (κ1) is 11.3. The second kappa shape index (κ2) is 5.21. The molecular weight excluding hydrogens is 232 g/mol. The number of ether oxygens (including phenoxy) is 2. The second-order valence-electron chi connectivity index (χ2n) is 4.25. The number of rotatable bonds is 2. The molecule has 0 unspecified atom stereocenters. The average Bonchev–Trinajstić information content (AvgIpc) is 2.32. The summed E-state index contributed by atoms with van der Waals surface area (Å²) in [5.41, 5.74) is 1.75. The van der Waals surface area contributed by atoms with Crippen LogP contribution in [-0.4, -0.2) is 18.0 Å². The Hall–Kier alpha value is -1.84. The molecule has 0 N–H and O–H groups in total. The Morgan fingerprint density at radius 3 is 2.56 bits per heavy atom. The van der Waals surface area contributed by atoms with E-state index in [0.29, 0.717) is 12.8 Å². The summed E-state index contributed by atoms with van der Waals surface area (Å²) in [5.74, 6) is -1.04. The molecule has 0 bridgehead atoms. The fraction of sp³-hybridized carbons (Fsp3) is 0.429. The van der Waals surface area contributed by atoms with E-state index in [4.69, 9.17) is 10.8 Å². The van der Waals surface area contributed by atoms with Crippen LogP contribution >= 0.6 is 0 Å². The van der Waals surface area contributed by atoms with E-state index in [0.717, 1.165) is 11.1 Å². The van der Waals surface area contributed by atoms with Gasteiger partial charge in [0.15, 0.2) is 6.10 Å². The van der Waals surface area contributed by atoms with E-state index >= 15 is 0 Å². The van der Waals surface area contributed by atoms with Crippen LogP contribution in [0.5, 0.6) is 0 Å². The molecule has 2 rings (SSSR count). The van der Waals surface area contributed by atoms with Crippen molar-refractivity contribution in [2.75, 3.05) is 0 Å². The monoisotopic (exact) mass is 249 g/mol. The summed E-state index contributed by atoms with van der Waals surface area (Å²) >= 11 is 0. The molecule has 0 spiro atoms. The highest BCUT2D eigenvalue weighted by Gasteiger charge is 2.33. The smallest absolute Gasteiger partial charge is 0.303 e. The fourth-order valence-corrected chi connectivity index (χ4v) is 2.16. The van der Waals surface area contributed by atoms with Crippen molar-refractivity contribution >= 4 is 11.9 Å². The minimum absolute atomic E-state index is 0.307. The Kier molecular flexibility index (Phi) is 3.26. The van der Waals surface area contributed by atoms with Crippen molar-refractivity contribution in [1.82, 2.24) is 0 Å². The van der Waals surface area contributed by atoms with Gasteiger partial charge < -0.3 is 9.47 Å². The van der Waals surface area contributed by atoms with Crippen LogP contribution in [0.25, 0.3) is 0 Å². The highest BCUT2D eigenvalue weighted by molar-refractivity contribution is 5.67. The van der Waals surface area contributed by atoms with Gasteiger partial charge in [0.2, 0.25) is 0 Å². The van der Waals surface area contributed by atoms with Crippen molar-refractivity contribution in [2.45, 2.75) is 38.9 Å². The lowest BCUT2D eigenvalue weighted by atomic mass is 9.87. The van der Waals surface area contributed by atoms with E-state index in [1.165, 1.54) is 13.8 Å². The molecule has 0 amide bonds. The van der Waals surface area contributed by atoms with Crippen LogP contribution in [0.15, 0.2) is 24.3 Å². The third kappa shape index (κ3) is 2.70. The number of esters is 2. The van der Waals surface area contributed by atoms with E-state index in [9.17, 15) is 9.59 Å². The Balaban J connectivity index is 2.41. The maximum atomic E-state index is 11.2. The maximum Gasteiger partial charge on any atom is 0.303 e. The standard InChI is InChI=1S/C14H16O4/c1-9(15)17-13-8-7-11-5-3-4-6-12(11)14(13)18-10(2)16/h3-6,13-14H,7-8H2,1-2H3/t13-,14-/m0/s1/i13D. The van der Waals surface area contributed by atoms with E-state index in [1.807, 2.05) is 18.2 Å². The number of hydrogen-bond acceptors (Lipinski definition) is 4. The molecule has 0 aliphatic heterocycles. The van der Waals surface area contributed by atoms with Gasteiger partial charge in [0.1, 0.15) is 6.08 Å². The average molecular weight is 249 g/mol. The van der Waals surface area contributed by atoms with Crippen LogP contribution in [0.2, 0.25) is 0 Å². The van der Waals surface area contributed by atoms with E-state index in [-0.39, 0.29) is 0 Å². The number of aryl methyl sites for hydroxylation is 1. The highest BCUT2D eigenvalue weighted by Crippen LogP contribution is 2.34. The summed E-state index contributed by atoms with van der Waals surface area (Å²) < 4.78 is 18.6. The molecule has 1 aromatic carbocycles. The van der Waals surface area contributed by atoms with Gasteiger partial charge in [0.25, 0.3) is 0 Å². The van der Waals surface area contributed by atoms with Gasteiger partial charge >= 0.3 is 11.9 Å². The summed E-state index contributed by atoms with van der Waals surface area (Å²) in [4.78, 5) is 22.4. The predicted molar refractivity (Wildman–Crippen MR) is 64.8 cm³/mol. The molecule has 0 saturated heterocycles. The van der Waals surface area contributed by atoms with Gasteiger partial charge in [-0.1, -0.05) is 24.3 Å². The highest BCUT2D eigenvalue weighted by atomic mass is 16.6. The summed E-state index contributed by atoms with van der Waals surface area (Å²) in [6.07, 6.45) is -1.50. The van der Waals surface area contributed by atoms with E-state index in [1.54, 1.807) is 6.07 Å². The second-order valence-corrected chi connectivity index (χ2v) is 4.25. The SMILES string of the molecule is [2H][C@]1(OC(C)=O)CCc2ccccc2[C@@H]1OC(C)=O. The third-order valence-electron chi connectivity index (χ3n) is 2.83. The first-order valence-corrected chi connectivity index (χ1v) is 5.87. The number of hydrogen-bond donors (Lipinski definition) is 0. The zero-order valence-corrected chi connectivity index (χ0v) is 10.4. The minimum atomic E-state index is -1.55. The lowest BCUT2D eigenvalue weighted by Gasteiger charge is -2.32. The summed E-state index contributed by atoms with van der Waals surface area (Å²) in [6.45, 7) is 2.53. The summed E-state index contributed by atoms with van der Waals surface area (Å²) in [6, 6.07) is 7.44. The van der Waals surface area contributed by atoms with Gasteiger partial charge in [-0.25, -0.2) is 0 Å². The van der Waals surface area contributed by atoms with Crippen LogP contribution < -0.4 is 0 Å². The molecule has 4 heteroatoms. The number of carbonyl (C=O) groups excluding carboxylic acids is 2. The number of carbonyl (C=O) groups is 2. The van der Waals surface area contributed by atoms with Crippen LogP contribution in [-0.2, 0) is 25.5 Å². The predicted octanol–water partition coefficient (Wildman–Crippen LogP) is 2.17. The van der Waals surface area contributed by atoms with E-state index < -0.39 is 24.1 Å². The molecule has 0 aromatic heterocycles. The number of benzene rings is 1. The molecule has 2 atom stereocenters. The molecule has 0 saturated carbocycles. The number of fused-ring (bicyclic) bond motifs is 1. The molecule has 4 nitrogen and oxygen atoms in total. The van der Waals surface area contributed by atoms with Gasteiger partial charge in [0.05, 0.1) is 1.37 Å². The molecule has 0 heterocycles. The summed E-state index contributed by atoms with van der Waals surface area (Å²) in [5, 5.41) is 0. The lowest BCUT2D eigenvalue weighted by Crippen LogP contribution is -2.32. The van der Waals surface area contributed by atoms with Crippen LogP contribution in [0.3, 0.4) is 0 Å².